The molecule has 3 unspecified atom stereocenters. The molecule has 3 amide bonds. The van der Waals surface area contributed by atoms with Gasteiger partial charge in [-0.15, -0.1) is 0 Å². The standard InChI is InChI=1S/C34H34Cl2F3N3O5/c1-19(2)27(29(43)34(37,38)39)41-31(45)28(21-10-12-25(47-3)13-11-21)42-30(44)26(17-20-6-4-8-23(35)16-20)40-32(46)33(14-15-33)22-7-5-9-24(36)18-22/h4-13,16,18-19,26-28H,14-15,17H2,1-3H3,(H,40,46)(H,41,45)(H,42,44). The first-order valence-electron chi connectivity index (χ1n) is 14.8. The van der Waals surface area contributed by atoms with Gasteiger partial charge in [-0.25, -0.2) is 0 Å². The summed E-state index contributed by atoms with van der Waals surface area (Å²) in [5, 5.41) is 8.46. The van der Waals surface area contributed by atoms with Crippen molar-refractivity contribution in [3.63, 3.8) is 0 Å². The molecule has 0 bridgehead atoms. The van der Waals surface area contributed by atoms with Gasteiger partial charge in [0.1, 0.15) is 17.8 Å². The summed E-state index contributed by atoms with van der Waals surface area (Å²) in [4.78, 5) is 53.6. The lowest BCUT2D eigenvalue weighted by Crippen LogP contribution is -2.55. The van der Waals surface area contributed by atoms with Crippen molar-refractivity contribution in [1.29, 1.82) is 0 Å². The number of ketones is 1. The molecule has 1 aliphatic carbocycles. The Bertz CT molecular complexity index is 1630. The topological polar surface area (TPSA) is 114 Å². The third kappa shape index (κ3) is 8.84. The van der Waals surface area contributed by atoms with Gasteiger partial charge in [-0.1, -0.05) is 73.4 Å². The molecular weight excluding hydrogens is 658 g/mol. The largest absolute Gasteiger partial charge is 0.497 e. The summed E-state index contributed by atoms with van der Waals surface area (Å²) < 4.78 is 45.4. The maximum Gasteiger partial charge on any atom is 0.452 e. The molecule has 3 aromatic rings. The lowest BCUT2D eigenvalue weighted by Gasteiger charge is -2.28. The fourth-order valence-electron chi connectivity index (χ4n) is 5.25. The minimum absolute atomic E-state index is 0.0259. The number of carbonyl (C=O) groups excluding carboxylic acids is 4. The van der Waals surface area contributed by atoms with Crippen molar-refractivity contribution in [1.82, 2.24) is 16.0 Å². The van der Waals surface area contributed by atoms with Gasteiger partial charge in [0.2, 0.25) is 17.7 Å². The van der Waals surface area contributed by atoms with E-state index in [2.05, 4.69) is 16.0 Å². The molecule has 1 aliphatic rings. The highest BCUT2D eigenvalue weighted by Gasteiger charge is 2.52. The summed E-state index contributed by atoms with van der Waals surface area (Å²) in [6.07, 6.45) is -4.19. The fraction of sp³-hybridized carbons (Fsp3) is 0.353. The third-order valence-electron chi connectivity index (χ3n) is 8.04. The third-order valence-corrected chi connectivity index (χ3v) is 8.51. The van der Waals surface area contributed by atoms with Gasteiger partial charge in [-0.2, -0.15) is 13.2 Å². The molecule has 1 saturated carbocycles. The van der Waals surface area contributed by atoms with Gasteiger partial charge >= 0.3 is 6.18 Å². The molecule has 0 saturated heterocycles. The molecule has 4 rings (SSSR count). The number of hydrogen-bond acceptors (Lipinski definition) is 5. The van der Waals surface area contributed by atoms with E-state index in [0.29, 0.717) is 39.8 Å². The zero-order valence-corrected chi connectivity index (χ0v) is 27.3. The molecule has 0 radical (unpaired) electrons. The lowest BCUT2D eigenvalue weighted by atomic mass is 9.94. The minimum Gasteiger partial charge on any atom is -0.497 e. The number of benzene rings is 3. The maximum absolute atomic E-state index is 14.0. The second-order valence-corrected chi connectivity index (χ2v) is 12.6. The van der Waals surface area contributed by atoms with Crippen molar-refractivity contribution in [3.8, 4) is 5.75 Å². The predicted octanol–water partition coefficient (Wildman–Crippen LogP) is 5.89. The molecule has 0 spiro atoms. The highest BCUT2D eigenvalue weighted by Crippen LogP contribution is 2.49. The number of rotatable bonds is 13. The Kier molecular flexibility index (Phi) is 11.2. The van der Waals surface area contributed by atoms with E-state index in [9.17, 15) is 32.3 Å². The smallest absolute Gasteiger partial charge is 0.452 e. The summed E-state index contributed by atoms with van der Waals surface area (Å²) in [5.41, 5.74) is 0.581. The first-order valence-corrected chi connectivity index (χ1v) is 15.6. The molecule has 0 heterocycles. The van der Waals surface area contributed by atoms with Crippen LogP contribution in [0.1, 0.15) is 49.4 Å². The summed E-state index contributed by atoms with van der Waals surface area (Å²) in [6.45, 7) is 2.72. The molecular formula is C34H34Cl2F3N3O5. The number of ether oxygens (including phenoxy) is 1. The first kappa shape index (κ1) is 35.8. The monoisotopic (exact) mass is 691 g/mol. The predicted molar refractivity (Wildman–Crippen MR) is 171 cm³/mol. The summed E-state index contributed by atoms with van der Waals surface area (Å²) in [6, 6.07) is 14.8. The number of methoxy groups -OCH3 is 1. The Morgan fingerprint density at radius 3 is 2.00 bits per heavy atom. The van der Waals surface area contributed by atoms with Gasteiger partial charge in [0.05, 0.1) is 18.6 Å². The molecule has 47 heavy (non-hydrogen) atoms. The summed E-state index contributed by atoms with van der Waals surface area (Å²) >= 11 is 12.4. The minimum atomic E-state index is -5.20. The van der Waals surface area contributed by atoms with Crippen LogP contribution in [-0.4, -0.2) is 48.9 Å². The van der Waals surface area contributed by atoms with Gasteiger partial charge in [0, 0.05) is 16.5 Å². The summed E-state index contributed by atoms with van der Waals surface area (Å²) in [7, 11) is 1.43. The van der Waals surface area contributed by atoms with Crippen molar-refractivity contribution in [2.75, 3.05) is 7.11 Å². The van der Waals surface area contributed by atoms with E-state index in [1.165, 1.54) is 45.2 Å². The van der Waals surface area contributed by atoms with Crippen molar-refractivity contribution in [3.05, 3.63) is 99.5 Å². The number of alkyl halides is 3. The molecule has 3 aromatic carbocycles. The Morgan fingerprint density at radius 1 is 0.851 bits per heavy atom. The van der Waals surface area contributed by atoms with Crippen LogP contribution in [0.2, 0.25) is 10.0 Å². The SMILES string of the molecule is COc1ccc(C(NC(=O)C(Cc2cccc(Cl)c2)NC(=O)C2(c3cccc(Cl)c3)CC2)C(=O)NC(C(=O)C(F)(F)F)C(C)C)cc1. The first-order chi connectivity index (χ1) is 22.1. The normalized spacial score (nSPS) is 15.6. The van der Waals surface area contributed by atoms with Gasteiger partial charge in [0.25, 0.3) is 5.78 Å². The van der Waals surface area contributed by atoms with Crippen LogP contribution in [0.15, 0.2) is 72.8 Å². The quantitative estimate of drug-likeness (QED) is 0.207. The molecule has 250 valence electrons. The van der Waals surface area contributed by atoms with Gasteiger partial charge in [-0.3, -0.25) is 19.2 Å². The Balaban J connectivity index is 1.66. The van der Waals surface area contributed by atoms with Crippen LogP contribution in [0.4, 0.5) is 13.2 Å². The van der Waals surface area contributed by atoms with Gasteiger partial charge in [0.15, 0.2) is 0 Å². The number of amides is 3. The van der Waals surface area contributed by atoms with Crippen LogP contribution in [0.25, 0.3) is 0 Å². The molecule has 13 heteroatoms. The zero-order valence-electron chi connectivity index (χ0n) is 25.8. The number of hydrogen-bond donors (Lipinski definition) is 3. The molecule has 3 atom stereocenters. The van der Waals surface area contributed by atoms with Crippen LogP contribution >= 0.6 is 23.2 Å². The van der Waals surface area contributed by atoms with Crippen molar-refractivity contribution < 1.29 is 37.1 Å². The van der Waals surface area contributed by atoms with E-state index in [4.69, 9.17) is 27.9 Å². The second-order valence-electron chi connectivity index (χ2n) is 11.8. The van der Waals surface area contributed by atoms with E-state index < -0.39 is 59.1 Å². The van der Waals surface area contributed by atoms with Crippen molar-refractivity contribution in [2.24, 2.45) is 5.92 Å². The van der Waals surface area contributed by atoms with Crippen LogP contribution in [-0.2, 0) is 31.0 Å². The number of carbonyl (C=O) groups is 4. The van der Waals surface area contributed by atoms with Crippen molar-refractivity contribution in [2.45, 2.75) is 62.8 Å². The van der Waals surface area contributed by atoms with Crippen LogP contribution < -0.4 is 20.7 Å². The van der Waals surface area contributed by atoms with E-state index >= 15 is 0 Å². The van der Waals surface area contributed by atoms with Crippen LogP contribution in [0.3, 0.4) is 0 Å². The lowest BCUT2D eigenvalue weighted by molar-refractivity contribution is -0.175. The van der Waals surface area contributed by atoms with Crippen LogP contribution in [0, 0.1) is 5.92 Å². The fourth-order valence-corrected chi connectivity index (χ4v) is 5.65. The van der Waals surface area contributed by atoms with E-state index in [-0.39, 0.29) is 12.0 Å². The van der Waals surface area contributed by atoms with E-state index in [1.54, 1.807) is 48.5 Å². The highest BCUT2D eigenvalue weighted by atomic mass is 35.5. The highest BCUT2D eigenvalue weighted by molar-refractivity contribution is 6.31. The maximum atomic E-state index is 14.0. The van der Waals surface area contributed by atoms with Gasteiger partial charge in [-0.05, 0) is 71.8 Å². The molecule has 0 aliphatic heterocycles. The summed E-state index contributed by atoms with van der Waals surface area (Å²) in [5.74, 6) is -4.89. The Labute approximate surface area is 280 Å². The van der Waals surface area contributed by atoms with Crippen molar-refractivity contribution >= 4 is 46.7 Å². The molecule has 0 aromatic heterocycles. The number of halogens is 5. The Morgan fingerprint density at radius 2 is 1.47 bits per heavy atom. The van der Waals surface area contributed by atoms with Crippen LogP contribution in [0.5, 0.6) is 5.75 Å². The Hall–Kier alpha value is -4.09. The van der Waals surface area contributed by atoms with E-state index in [1.807, 2.05) is 0 Å². The van der Waals surface area contributed by atoms with Gasteiger partial charge < -0.3 is 20.7 Å². The molecule has 1 fully saturated rings. The second kappa shape index (κ2) is 14.8. The molecule has 8 nitrogen and oxygen atoms in total. The van der Waals surface area contributed by atoms with E-state index in [0.717, 1.165) is 0 Å². The number of Topliss-reactive ketones (excluding diaryl/α,β-unsaturated/α-hetero) is 1. The average molecular weight is 693 g/mol. The average Bonchev–Trinajstić information content (AvgIpc) is 3.83. The zero-order chi connectivity index (χ0) is 34.5. The molecule has 3 N–H and O–H groups in total. The number of nitrogens with one attached hydrogen (secondary N) is 3.